The van der Waals surface area contributed by atoms with Crippen molar-refractivity contribution in [2.24, 2.45) is 12.0 Å². The summed E-state index contributed by atoms with van der Waals surface area (Å²) in [6.45, 7) is 8.79. The summed E-state index contributed by atoms with van der Waals surface area (Å²) >= 11 is 0. The number of aliphatic hydroxyl groups is 1. The van der Waals surface area contributed by atoms with Crippen LogP contribution in [0.15, 0.2) is 47.7 Å². The van der Waals surface area contributed by atoms with Crippen molar-refractivity contribution >= 4 is 22.8 Å². The van der Waals surface area contributed by atoms with Gasteiger partial charge in [-0.1, -0.05) is 6.07 Å². The number of carbonyl (C=O) groups excluding carboxylic acids is 2. The third-order valence-corrected chi connectivity index (χ3v) is 7.50. The Balaban J connectivity index is 1.51. The van der Waals surface area contributed by atoms with Crippen molar-refractivity contribution in [1.29, 1.82) is 0 Å². The van der Waals surface area contributed by atoms with Gasteiger partial charge in [0.15, 0.2) is 0 Å². The molecule has 39 heavy (non-hydrogen) atoms. The normalized spacial score (nSPS) is 15.3. The third-order valence-electron chi connectivity index (χ3n) is 7.50. The molecule has 4 heterocycles. The van der Waals surface area contributed by atoms with Crippen LogP contribution in [0.4, 0.5) is 0 Å². The SMILES string of the molecule is CC(=O)N1CCC(c2ccc3c(c2)[nH]/c(=N\C(=O)c2ccnc(-c4cnn(C)c4C)c2)n3CC(C)(C)O)CC1. The Bertz CT molecular complexity index is 1610. The Morgan fingerprint density at radius 3 is 2.56 bits per heavy atom. The second kappa shape index (κ2) is 10.3. The van der Waals surface area contributed by atoms with Crippen LogP contribution < -0.4 is 5.62 Å². The first kappa shape index (κ1) is 26.6. The number of fused-ring (bicyclic) bond motifs is 1. The summed E-state index contributed by atoms with van der Waals surface area (Å²) in [6.07, 6.45) is 5.15. The number of hydrogen-bond acceptors (Lipinski definition) is 5. The summed E-state index contributed by atoms with van der Waals surface area (Å²) in [5.41, 5.74) is 5.11. The number of aromatic amines is 1. The van der Waals surface area contributed by atoms with Crippen LogP contribution in [0.5, 0.6) is 0 Å². The molecule has 5 rings (SSSR count). The highest BCUT2D eigenvalue weighted by Crippen LogP contribution is 2.30. The summed E-state index contributed by atoms with van der Waals surface area (Å²) in [7, 11) is 1.86. The second-order valence-corrected chi connectivity index (χ2v) is 11.0. The van der Waals surface area contributed by atoms with Gasteiger partial charge in [-0.05, 0) is 69.4 Å². The molecule has 1 aliphatic heterocycles. The van der Waals surface area contributed by atoms with E-state index < -0.39 is 11.5 Å². The monoisotopic (exact) mass is 529 g/mol. The Morgan fingerprint density at radius 1 is 1.18 bits per heavy atom. The number of nitrogens with zero attached hydrogens (tertiary/aromatic N) is 6. The van der Waals surface area contributed by atoms with E-state index >= 15 is 0 Å². The smallest absolute Gasteiger partial charge is 0.280 e. The molecule has 1 saturated heterocycles. The van der Waals surface area contributed by atoms with Crippen molar-refractivity contribution in [1.82, 2.24) is 29.2 Å². The molecule has 2 N–H and O–H groups in total. The zero-order valence-corrected chi connectivity index (χ0v) is 23.1. The van der Waals surface area contributed by atoms with Gasteiger partial charge in [-0.3, -0.25) is 19.3 Å². The molecule has 2 amide bonds. The number of likely N-dealkylation sites (tertiary alicyclic amines) is 1. The molecule has 1 aliphatic rings. The van der Waals surface area contributed by atoms with E-state index in [0.717, 1.165) is 48.2 Å². The van der Waals surface area contributed by atoms with Gasteiger partial charge in [0, 0.05) is 50.1 Å². The molecule has 204 valence electrons. The minimum Gasteiger partial charge on any atom is -0.389 e. The Hall–Kier alpha value is -4.05. The Kier molecular flexibility index (Phi) is 6.98. The van der Waals surface area contributed by atoms with Crippen molar-refractivity contribution in [3.8, 4) is 11.3 Å². The predicted molar refractivity (Wildman–Crippen MR) is 148 cm³/mol. The lowest BCUT2D eigenvalue weighted by atomic mass is 9.89. The molecule has 0 atom stereocenters. The first-order valence-corrected chi connectivity index (χ1v) is 13.2. The molecule has 0 saturated carbocycles. The highest BCUT2D eigenvalue weighted by molar-refractivity contribution is 5.95. The van der Waals surface area contributed by atoms with E-state index in [1.807, 2.05) is 29.5 Å². The molecule has 0 aliphatic carbocycles. The van der Waals surface area contributed by atoms with E-state index in [1.54, 1.807) is 50.0 Å². The minimum absolute atomic E-state index is 0.119. The number of hydrogen-bond donors (Lipinski definition) is 2. The van der Waals surface area contributed by atoms with E-state index in [-0.39, 0.29) is 12.5 Å². The van der Waals surface area contributed by atoms with Crippen LogP contribution in [0.1, 0.15) is 61.1 Å². The van der Waals surface area contributed by atoms with Crippen molar-refractivity contribution in [3.63, 3.8) is 0 Å². The van der Waals surface area contributed by atoms with Crippen LogP contribution in [-0.4, -0.2) is 64.8 Å². The minimum atomic E-state index is -1.02. The molecule has 10 heteroatoms. The number of benzene rings is 1. The van der Waals surface area contributed by atoms with Gasteiger partial charge in [0.05, 0.1) is 35.1 Å². The van der Waals surface area contributed by atoms with Crippen LogP contribution in [0.3, 0.4) is 0 Å². The van der Waals surface area contributed by atoms with Crippen LogP contribution in [0.2, 0.25) is 0 Å². The van der Waals surface area contributed by atoms with Crippen molar-refractivity contribution < 1.29 is 14.7 Å². The number of imidazole rings is 1. The quantitative estimate of drug-likeness (QED) is 0.411. The fourth-order valence-electron chi connectivity index (χ4n) is 5.23. The number of carbonyl (C=O) groups is 2. The lowest BCUT2D eigenvalue weighted by Crippen LogP contribution is -2.36. The number of H-pyrrole nitrogens is 1. The number of piperidine rings is 1. The average Bonchev–Trinajstić information content (AvgIpc) is 3.41. The number of rotatable bonds is 5. The maximum atomic E-state index is 13.3. The van der Waals surface area contributed by atoms with E-state index in [9.17, 15) is 14.7 Å². The topological polar surface area (TPSA) is 121 Å². The molecule has 3 aromatic heterocycles. The van der Waals surface area contributed by atoms with Gasteiger partial charge in [0.1, 0.15) is 0 Å². The highest BCUT2D eigenvalue weighted by atomic mass is 16.3. The number of pyridine rings is 1. The van der Waals surface area contributed by atoms with Crippen molar-refractivity contribution in [3.05, 3.63) is 65.2 Å². The second-order valence-electron chi connectivity index (χ2n) is 11.0. The summed E-state index contributed by atoms with van der Waals surface area (Å²) < 4.78 is 3.61. The first-order chi connectivity index (χ1) is 18.5. The maximum absolute atomic E-state index is 13.3. The fraction of sp³-hybridized carbons (Fsp3) is 0.414. The number of nitrogens with one attached hydrogen (secondary N) is 1. The molecule has 0 bridgehead atoms. The van der Waals surface area contributed by atoms with Crippen LogP contribution >= 0.6 is 0 Å². The van der Waals surface area contributed by atoms with Gasteiger partial charge in [0.25, 0.3) is 5.91 Å². The zero-order chi connectivity index (χ0) is 27.9. The standard InChI is InChI=1S/C29H35N7O3/c1-18-23(16-31-34(18)5)24-15-22(8-11-30-24)27(38)33-28-32-25-14-21(20-9-12-35(13-10-20)19(2)37)6-7-26(25)36(28)17-29(3,4)39/h6-8,11,14-16,20,39H,9-10,12-13,17H2,1-5H3,(H,32,33,38). The highest BCUT2D eigenvalue weighted by Gasteiger charge is 2.23. The van der Waals surface area contributed by atoms with Gasteiger partial charge in [-0.15, -0.1) is 0 Å². The summed E-state index contributed by atoms with van der Waals surface area (Å²) in [6, 6.07) is 9.59. The summed E-state index contributed by atoms with van der Waals surface area (Å²) in [5.74, 6) is 0.0611. The van der Waals surface area contributed by atoms with Gasteiger partial charge >= 0.3 is 0 Å². The molecule has 0 radical (unpaired) electrons. The number of amides is 2. The Labute approximate surface area is 227 Å². The van der Waals surface area contributed by atoms with Gasteiger partial charge in [-0.2, -0.15) is 10.1 Å². The molecule has 0 unspecified atom stereocenters. The molecule has 4 aromatic rings. The number of aromatic nitrogens is 5. The first-order valence-electron chi connectivity index (χ1n) is 13.2. The van der Waals surface area contributed by atoms with Crippen LogP contribution in [0.25, 0.3) is 22.3 Å². The zero-order valence-electron chi connectivity index (χ0n) is 23.1. The molecule has 1 fully saturated rings. The maximum Gasteiger partial charge on any atom is 0.280 e. The van der Waals surface area contributed by atoms with E-state index in [4.69, 9.17) is 0 Å². The van der Waals surface area contributed by atoms with Crippen LogP contribution in [0, 0.1) is 6.92 Å². The third kappa shape index (κ3) is 5.56. The van der Waals surface area contributed by atoms with E-state index in [0.29, 0.717) is 22.8 Å². The molecular weight excluding hydrogens is 494 g/mol. The summed E-state index contributed by atoms with van der Waals surface area (Å²) in [4.78, 5) is 39.2. The molecule has 1 aromatic carbocycles. The van der Waals surface area contributed by atoms with Crippen LogP contribution in [-0.2, 0) is 18.4 Å². The lowest BCUT2D eigenvalue weighted by molar-refractivity contribution is -0.129. The van der Waals surface area contributed by atoms with Gasteiger partial charge in [-0.25, -0.2) is 0 Å². The predicted octanol–water partition coefficient (Wildman–Crippen LogP) is 3.31. The largest absolute Gasteiger partial charge is 0.389 e. The van der Waals surface area contributed by atoms with Gasteiger partial charge in [0.2, 0.25) is 11.5 Å². The average molecular weight is 530 g/mol. The molecular formula is C29H35N7O3. The van der Waals surface area contributed by atoms with Crippen molar-refractivity contribution in [2.45, 2.75) is 58.6 Å². The fourth-order valence-corrected chi connectivity index (χ4v) is 5.23. The summed E-state index contributed by atoms with van der Waals surface area (Å²) in [5, 5.41) is 14.9. The molecule has 0 spiro atoms. The van der Waals surface area contributed by atoms with Crippen molar-refractivity contribution in [2.75, 3.05) is 13.1 Å². The van der Waals surface area contributed by atoms with E-state index in [1.165, 1.54) is 5.56 Å². The number of aryl methyl sites for hydroxylation is 1. The van der Waals surface area contributed by atoms with E-state index in [2.05, 4.69) is 32.2 Å². The lowest BCUT2D eigenvalue weighted by Gasteiger charge is -2.31. The van der Waals surface area contributed by atoms with Gasteiger partial charge < -0.3 is 19.6 Å². The Morgan fingerprint density at radius 2 is 1.92 bits per heavy atom. The molecule has 10 nitrogen and oxygen atoms in total.